The van der Waals surface area contributed by atoms with Gasteiger partial charge < -0.3 is 15.0 Å². The van der Waals surface area contributed by atoms with Crippen molar-refractivity contribution >= 4 is 5.91 Å². The third-order valence-corrected chi connectivity index (χ3v) is 5.14. The molecule has 3 rings (SSSR count). The summed E-state index contributed by atoms with van der Waals surface area (Å²) in [6.45, 7) is 11.5. The smallest absolute Gasteiger partial charge is 0.239 e. The number of methoxy groups -OCH3 is 1. The molecule has 7 nitrogen and oxygen atoms in total. The highest BCUT2D eigenvalue weighted by atomic mass is 16.5. The van der Waals surface area contributed by atoms with E-state index >= 15 is 0 Å². The van der Waals surface area contributed by atoms with Gasteiger partial charge in [-0.2, -0.15) is 5.10 Å². The quantitative estimate of drug-likeness (QED) is 0.865. The number of carbonyl (C=O) groups is 1. The van der Waals surface area contributed by atoms with Crippen molar-refractivity contribution in [2.45, 2.75) is 51.4 Å². The van der Waals surface area contributed by atoms with Crippen molar-refractivity contribution in [3.05, 3.63) is 18.0 Å². The first-order valence-corrected chi connectivity index (χ1v) is 9.18. The van der Waals surface area contributed by atoms with E-state index in [-0.39, 0.29) is 23.6 Å². The maximum atomic E-state index is 12.6. The second-order valence-electron chi connectivity index (χ2n) is 8.12. The van der Waals surface area contributed by atoms with Crippen LogP contribution in [0.2, 0.25) is 0 Å². The van der Waals surface area contributed by atoms with E-state index in [1.165, 1.54) is 5.56 Å². The number of ether oxygens (including phenoxy) is 1. The first-order chi connectivity index (χ1) is 11.9. The van der Waals surface area contributed by atoms with Gasteiger partial charge in [0.15, 0.2) is 0 Å². The van der Waals surface area contributed by atoms with E-state index in [0.29, 0.717) is 0 Å². The van der Waals surface area contributed by atoms with Crippen LogP contribution in [0.5, 0.6) is 0 Å². The maximum Gasteiger partial charge on any atom is 0.239 e. The lowest BCUT2D eigenvalue weighted by Gasteiger charge is -2.35. The van der Waals surface area contributed by atoms with Gasteiger partial charge in [-0.3, -0.25) is 14.4 Å². The largest absolute Gasteiger partial charge is 0.380 e. The van der Waals surface area contributed by atoms with Crippen LogP contribution in [0, 0.1) is 0 Å². The van der Waals surface area contributed by atoms with Gasteiger partial charge in [-0.1, -0.05) is 0 Å². The Morgan fingerprint density at radius 3 is 2.60 bits per heavy atom. The summed E-state index contributed by atoms with van der Waals surface area (Å²) in [6, 6.07) is -0.0819. The van der Waals surface area contributed by atoms with Crippen molar-refractivity contribution < 1.29 is 9.53 Å². The third kappa shape index (κ3) is 4.40. The van der Waals surface area contributed by atoms with E-state index in [4.69, 9.17) is 4.74 Å². The molecule has 25 heavy (non-hydrogen) atoms. The number of amides is 1. The molecule has 0 spiro atoms. The van der Waals surface area contributed by atoms with Gasteiger partial charge in [0, 0.05) is 58.1 Å². The number of nitrogens with zero attached hydrogens (tertiary/aromatic N) is 4. The minimum atomic E-state index is -0.0819. The van der Waals surface area contributed by atoms with E-state index in [1.54, 1.807) is 7.11 Å². The van der Waals surface area contributed by atoms with Crippen LogP contribution in [-0.4, -0.2) is 77.5 Å². The van der Waals surface area contributed by atoms with Crippen LogP contribution in [0.25, 0.3) is 0 Å². The number of hydrogen-bond acceptors (Lipinski definition) is 5. The molecule has 1 aromatic rings. The molecule has 0 aromatic carbocycles. The highest BCUT2D eigenvalue weighted by Gasteiger charge is 2.33. The molecule has 0 unspecified atom stereocenters. The summed E-state index contributed by atoms with van der Waals surface area (Å²) in [7, 11) is 1.71. The predicted molar refractivity (Wildman–Crippen MR) is 96.3 cm³/mol. The average Bonchev–Trinajstić information content (AvgIpc) is 3.23. The molecular weight excluding hydrogens is 318 g/mol. The highest BCUT2D eigenvalue weighted by molar-refractivity contribution is 5.82. The number of aromatic nitrogens is 2. The van der Waals surface area contributed by atoms with Gasteiger partial charge >= 0.3 is 0 Å². The van der Waals surface area contributed by atoms with Gasteiger partial charge in [0.2, 0.25) is 5.91 Å². The van der Waals surface area contributed by atoms with Gasteiger partial charge in [-0.25, -0.2) is 0 Å². The normalized spacial score (nSPS) is 25.5. The molecule has 0 aliphatic carbocycles. The number of rotatable bonds is 4. The van der Waals surface area contributed by atoms with Gasteiger partial charge in [-0.15, -0.1) is 0 Å². The Balaban J connectivity index is 1.47. The Bertz CT molecular complexity index is 587. The van der Waals surface area contributed by atoms with E-state index in [1.807, 2.05) is 15.8 Å². The van der Waals surface area contributed by atoms with E-state index in [2.05, 4.69) is 42.3 Å². The molecule has 1 N–H and O–H groups in total. The molecule has 0 saturated carbocycles. The molecule has 1 aromatic heterocycles. The number of hydrogen-bond donors (Lipinski definition) is 1. The molecule has 3 heterocycles. The van der Waals surface area contributed by atoms with Crippen molar-refractivity contribution in [3.8, 4) is 0 Å². The summed E-state index contributed by atoms with van der Waals surface area (Å²) < 4.78 is 7.35. The molecule has 2 saturated heterocycles. The monoisotopic (exact) mass is 349 g/mol. The summed E-state index contributed by atoms with van der Waals surface area (Å²) in [5.74, 6) is 0.222. The molecule has 0 radical (unpaired) electrons. The van der Waals surface area contributed by atoms with Crippen LogP contribution in [0.15, 0.2) is 12.4 Å². The first-order valence-electron chi connectivity index (χ1n) is 9.18. The van der Waals surface area contributed by atoms with E-state index in [9.17, 15) is 4.79 Å². The summed E-state index contributed by atoms with van der Waals surface area (Å²) in [5.41, 5.74) is 1.24. The minimum Gasteiger partial charge on any atom is -0.380 e. The predicted octanol–water partition coefficient (Wildman–Crippen LogP) is 0.659. The third-order valence-electron chi connectivity index (χ3n) is 5.14. The molecule has 2 aliphatic heterocycles. The van der Waals surface area contributed by atoms with E-state index in [0.717, 1.165) is 45.7 Å². The molecular formula is C18H31N5O2. The number of nitrogens with one attached hydrogen (secondary N) is 1. The van der Waals surface area contributed by atoms with Crippen LogP contribution in [0.3, 0.4) is 0 Å². The topological polar surface area (TPSA) is 62.6 Å². The summed E-state index contributed by atoms with van der Waals surface area (Å²) in [4.78, 5) is 17.0. The van der Waals surface area contributed by atoms with Crippen LogP contribution in [-0.2, 0) is 21.6 Å². The zero-order chi connectivity index (χ0) is 18.0. The Morgan fingerprint density at radius 1 is 1.32 bits per heavy atom. The van der Waals surface area contributed by atoms with Crippen molar-refractivity contribution in [3.63, 3.8) is 0 Å². The number of piperazine rings is 1. The summed E-state index contributed by atoms with van der Waals surface area (Å²) >= 11 is 0. The Kier molecular flexibility index (Phi) is 5.46. The van der Waals surface area contributed by atoms with Gasteiger partial charge in [0.25, 0.3) is 0 Å². The fraction of sp³-hybridized carbons (Fsp3) is 0.778. The van der Waals surface area contributed by atoms with Crippen molar-refractivity contribution in [1.82, 2.24) is 24.9 Å². The Hall–Kier alpha value is -1.44. The second kappa shape index (κ2) is 7.43. The lowest BCUT2D eigenvalue weighted by molar-refractivity contribution is -0.135. The van der Waals surface area contributed by atoms with Gasteiger partial charge in [-0.05, 0) is 27.2 Å². The van der Waals surface area contributed by atoms with Crippen molar-refractivity contribution in [2.75, 3.05) is 39.8 Å². The first kappa shape index (κ1) is 18.4. The molecule has 2 aliphatic rings. The van der Waals surface area contributed by atoms with E-state index < -0.39 is 0 Å². The summed E-state index contributed by atoms with van der Waals surface area (Å²) in [6.07, 6.45) is 5.03. The molecule has 1 amide bonds. The zero-order valence-electron chi connectivity index (χ0n) is 15.9. The van der Waals surface area contributed by atoms with Crippen LogP contribution in [0.1, 0.15) is 32.8 Å². The standard InChI is InChI=1S/C18H31N5O2/c1-18(2,3)23-13-14(10-20-23)12-21-5-7-22(8-6-21)17(24)16-9-15(25-4)11-19-16/h10,13,15-16,19H,5-9,11-12H2,1-4H3/t15-,16+/m0/s1. The van der Waals surface area contributed by atoms with Crippen LogP contribution in [0.4, 0.5) is 0 Å². The maximum absolute atomic E-state index is 12.6. The lowest BCUT2D eigenvalue weighted by atomic mass is 10.1. The molecule has 140 valence electrons. The Morgan fingerprint density at radius 2 is 2.04 bits per heavy atom. The lowest BCUT2D eigenvalue weighted by Crippen LogP contribution is -2.52. The van der Waals surface area contributed by atoms with Crippen LogP contribution < -0.4 is 5.32 Å². The number of carbonyl (C=O) groups excluding carboxylic acids is 1. The molecule has 2 fully saturated rings. The molecule has 2 atom stereocenters. The zero-order valence-corrected chi connectivity index (χ0v) is 15.9. The molecule has 7 heteroatoms. The fourth-order valence-electron chi connectivity index (χ4n) is 3.48. The van der Waals surface area contributed by atoms with Gasteiger partial charge in [0.05, 0.1) is 23.9 Å². The fourth-order valence-corrected chi connectivity index (χ4v) is 3.48. The second-order valence-corrected chi connectivity index (χ2v) is 8.12. The highest BCUT2D eigenvalue weighted by Crippen LogP contribution is 2.16. The summed E-state index contributed by atoms with van der Waals surface area (Å²) in [5, 5.41) is 7.75. The molecule has 0 bridgehead atoms. The SMILES string of the molecule is CO[C@@H]1CN[C@@H](C(=O)N2CCN(Cc3cnn(C(C)(C)C)c3)CC2)C1. The van der Waals surface area contributed by atoms with Crippen molar-refractivity contribution in [2.24, 2.45) is 0 Å². The average molecular weight is 349 g/mol. The Labute approximate surface area is 150 Å². The van der Waals surface area contributed by atoms with Crippen molar-refractivity contribution in [1.29, 1.82) is 0 Å². The minimum absolute atomic E-state index is 0.0116. The van der Waals surface area contributed by atoms with Crippen LogP contribution >= 0.6 is 0 Å². The van der Waals surface area contributed by atoms with Gasteiger partial charge in [0.1, 0.15) is 0 Å².